The number of hydrogen-bond acceptors (Lipinski definition) is 7. The Morgan fingerprint density at radius 3 is 2.48 bits per heavy atom. The predicted molar refractivity (Wildman–Crippen MR) is 109 cm³/mol. The van der Waals surface area contributed by atoms with Crippen LogP contribution in [0.15, 0.2) is 51.4 Å². The Kier molecular flexibility index (Phi) is 6.71. The maximum Gasteiger partial charge on any atom is 0.260 e. The van der Waals surface area contributed by atoms with Crippen molar-refractivity contribution in [2.75, 3.05) is 27.9 Å². The number of likely N-dealkylation sites (N-methyl/N-ethyl adjacent to an activating group) is 1. The van der Waals surface area contributed by atoms with Crippen LogP contribution in [0.25, 0.3) is 11.5 Å². The number of amides is 1. The van der Waals surface area contributed by atoms with Crippen LogP contribution >= 0.6 is 15.9 Å². The van der Waals surface area contributed by atoms with E-state index in [4.69, 9.17) is 18.6 Å². The van der Waals surface area contributed by atoms with Crippen LogP contribution in [0.3, 0.4) is 0 Å². The monoisotopic (exact) mass is 461 g/mol. The molecule has 0 saturated carbocycles. The van der Waals surface area contributed by atoms with Gasteiger partial charge in [0.15, 0.2) is 18.1 Å². The predicted octanol–water partition coefficient (Wildman–Crippen LogP) is 3.55. The topological polar surface area (TPSA) is 86.9 Å². The van der Waals surface area contributed by atoms with Gasteiger partial charge in [0.1, 0.15) is 5.75 Å². The molecule has 1 aromatic heterocycles. The van der Waals surface area contributed by atoms with E-state index in [9.17, 15) is 4.79 Å². The summed E-state index contributed by atoms with van der Waals surface area (Å²) in [5.74, 6) is 2.21. The van der Waals surface area contributed by atoms with Crippen LogP contribution in [0.5, 0.6) is 17.2 Å². The van der Waals surface area contributed by atoms with Gasteiger partial charge in [-0.3, -0.25) is 4.79 Å². The van der Waals surface area contributed by atoms with Gasteiger partial charge in [0.2, 0.25) is 11.8 Å². The average Bonchev–Trinajstić information content (AvgIpc) is 3.21. The van der Waals surface area contributed by atoms with E-state index in [1.165, 1.54) is 4.90 Å². The summed E-state index contributed by atoms with van der Waals surface area (Å²) < 4.78 is 22.6. The largest absolute Gasteiger partial charge is 0.493 e. The number of methoxy groups -OCH3 is 2. The number of aromatic nitrogens is 2. The molecule has 152 valence electrons. The van der Waals surface area contributed by atoms with Crippen LogP contribution in [0.4, 0.5) is 0 Å². The number of halogens is 1. The fourth-order valence-electron chi connectivity index (χ4n) is 2.48. The molecule has 3 aromatic rings. The highest BCUT2D eigenvalue weighted by atomic mass is 79.9. The molecule has 8 nitrogen and oxygen atoms in total. The van der Waals surface area contributed by atoms with Gasteiger partial charge in [0.05, 0.1) is 20.8 Å². The van der Waals surface area contributed by atoms with E-state index in [1.54, 1.807) is 51.6 Å². The highest BCUT2D eigenvalue weighted by Gasteiger charge is 2.16. The molecule has 0 aliphatic carbocycles. The second-order valence-electron chi connectivity index (χ2n) is 6.06. The molecule has 0 saturated heterocycles. The van der Waals surface area contributed by atoms with Crippen molar-refractivity contribution in [2.24, 2.45) is 0 Å². The summed E-state index contributed by atoms with van der Waals surface area (Å²) in [4.78, 5) is 13.8. The van der Waals surface area contributed by atoms with E-state index in [2.05, 4.69) is 26.1 Å². The number of carbonyl (C=O) groups excluding carboxylic acids is 1. The van der Waals surface area contributed by atoms with Crippen LogP contribution in [0.1, 0.15) is 5.89 Å². The normalized spacial score (nSPS) is 10.5. The summed E-state index contributed by atoms with van der Waals surface area (Å²) >= 11 is 3.35. The summed E-state index contributed by atoms with van der Waals surface area (Å²) in [6.45, 7) is 0.0810. The van der Waals surface area contributed by atoms with E-state index in [1.807, 2.05) is 12.1 Å². The Morgan fingerprint density at radius 2 is 1.79 bits per heavy atom. The molecule has 29 heavy (non-hydrogen) atoms. The Labute approximate surface area is 176 Å². The highest BCUT2D eigenvalue weighted by molar-refractivity contribution is 9.10. The maximum atomic E-state index is 12.3. The van der Waals surface area contributed by atoms with Crippen LogP contribution < -0.4 is 14.2 Å². The minimum Gasteiger partial charge on any atom is -0.493 e. The third kappa shape index (κ3) is 5.26. The van der Waals surface area contributed by atoms with Crippen LogP contribution in [0.2, 0.25) is 0 Å². The number of benzene rings is 2. The lowest BCUT2D eigenvalue weighted by molar-refractivity contribution is -0.132. The molecule has 0 unspecified atom stereocenters. The Bertz CT molecular complexity index is 975. The summed E-state index contributed by atoms with van der Waals surface area (Å²) in [7, 11) is 4.76. The summed E-state index contributed by atoms with van der Waals surface area (Å²) in [6.07, 6.45) is 0. The molecule has 9 heteroatoms. The molecular formula is C20H20BrN3O5. The molecule has 1 amide bonds. The second kappa shape index (κ2) is 9.42. The first-order valence-electron chi connectivity index (χ1n) is 8.67. The van der Waals surface area contributed by atoms with E-state index in [-0.39, 0.29) is 19.1 Å². The van der Waals surface area contributed by atoms with Crippen molar-refractivity contribution in [3.63, 3.8) is 0 Å². The van der Waals surface area contributed by atoms with E-state index < -0.39 is 0 Å². The second-order valence-corrected chi connectivity index (χ2v) is 6.98. The Hall–Kier alpha value is -3.07. The van der Waals surface area contributed by atoms with Crippen molar-refractivity contribution >= 4 is 21.8 Å². The smallest absolute Gasteiger partial charge is 0.260 e. The Morgan fingerprint density at radius 1 is 1.07 bits per heavy atom. The molecule has 2 aromatic carbocycles. The van der Waals surface area contributed by atoms with Gasteiger partial charge in [-0.05, 0) is 42.5 Å². The first-order valence-corrected chi connectivity index (χ1v) is 9.46. The molecule has 0 aliphatic heterocycles. The summed E-state index contributed by atoms with van der Waals surface area (Å²) in [5.41, 5.74) is 0.689. The number of ether oxygens (including phenoxy) is 3. The van der Waals surface area contributed by atoms with Crippen molar-refractivity contribution < 1.29 is 23.4 Å². The molecule has 0 fully saturated rings. The fraction of sp³-hybridized carbons (Fsp3) is 0.250. The maximum absolute atomic E-state index is 12.3. The minimum atomic E-state index is -0.209. The molecule has 0 N–H and O–H groups in total. The minimum absolute atomic E-state index is 0.0885. The lowest BCUT2D eigenvalue weighted by Gasteiger charge is -2.15. The summed E-state index contributed by atoms with van der Waals surface area (Å²) in [6, 6.07) is 12.6. The molecule has 0 radical (unpaired) electrons. The zero-order chi connectivity index (χ0) is 20.8. The number of rotatable bonds is 8. The van der Waals surface area contributed by atoms with Crippen molar-refractivity contribution in [3.05, 3.63) is 52.8 Å². The zero-order valence-electron chi connectivity index (χ0n) is 16.2. The van der Waals surface area contributed by atoms with Crippen molar-refractivity contribution in [1.82, 2.24) is 15.1 Å². The molecule has 0 spiro atoms. The van der Waals surface area contributed by atoms with Crippen molar-refractivity contribution in [2.45, 2.75) is 6.54 Å². The average molecular weight is 462 g/mol. The van der Waals surface area contributed by atoms with Crippen molar-refractivity contribution in [3.8, 4) is 28.7 Å². The van der Waals surface area contributed by atoms with Crippen LogP contribution in [0, 0.1) is 0 Å². The van der Waals surface area contributed by atoms with Gasteiger partial charge in [0.25, 0.3) is 5.91 Å². The van der Waals surface area contributed by atoms with Gasteiger partial charge >= 0.3 is 0 Å². The SMILES string of the molecule is COc1ccc(-c2nnc(CN(C)C(=O)COc3ccc(Br)cc3)o2)cc1OC. The van der Waals surface area contributed by atoms with Gasteiger partial charge in [-0.25, -0.2) is 0 Å². The summed E-state index contributed by atoms with van der Waals surface area (Å²) in [5, 5.41) is 8.06. The highest BCUT2D eigenvalue weighted by Crippen LogP contribution is 2.31. The first-order chi connectivity index (χ1) is 14.0. The molecule has 3 rings (SSSR count). The number of nitrogens with zero attached hydrogens (tertiary/aromatic N) is 3. The van der Waals surface area contributed by atoms with Gasteiger partial charge in [-0.1, -0.05) is 15.9 Å². The fourth-order valence-corrected chi connectivity index (χ4v) is 2.74. The van der Waals surface area contributed by atoms with Gasteiger partial charge in [0, 0.05) is 17.1 Å². The van der Waals surface area contributed by atoms with Gasteiger partial charge in [-0.15, -0.1) is 10.2 Å². The molecule has 0 aliphatic rings. The van der Waals surface area contributed by atoms with Crippen LogP contribution in [-0.2, 0) is 11.3 Å². The first kappa shape index (κ1) is 20.7. The molecular weight excluding hydrogens is 442 g/mol. The molecule has 0 atom stereocenters. The Balaban J connectivity index is 1.60. The lowest BCUT2D eigenvalue weighted by Crippen LogP contribution is -2.31. The number of hydrogen-bond donors (Lipinski definition) is 0. The lowest BCUT2D eigenvalue weighted by atomic mass is 10.2. The zero-order valence-corrected chi connectivity index (χ0v) is 17.8. The van der Waals surface area contributed by atoms with Crippen molar-refractivity contribution in [1.29, 1.82) is 0 Å². The third-order valence-electron chi connectivity index (χ3n) is 4.07. The van der Waals surface area contributed by atoms with E-state index in [0.29, 0.717) is 34.6 Å². The van der Waals surface area contributed by atoms with Crippen LogP contribution in [-0.4, -0.2) is 48.9 Å². The molecule has 0 bridgehead atoms. The van der Waals surface area contributed by atoms with E-state index >= 15 is 0 Å². The van der Waals surface area contributed by atoms with Gasteiger partial charge in [-0.2, -0.15) is 0 Å². The van der Waals surface area contributed by atoms with Gasteiger partial charge < -0.3 is 23.5 Å². The number of carbonyl (C=O) groups is 1. The van der Waals surface area contributed by atoms with E-state index in [0.717, 1.165) is 4.47 Å². The quantitative estimate of drug-likeness (QED) is 0.506. The molecule has 1 heterocycles. The third-order valence-corrected chi connectivity index (χ3v) is 4.60. The standard InChI is InChI=1S/C20H20BrN3O5/c1-24(19(25)12-28-15-7-5-14(21)6-8-15)11-18-22-23-20(29-18)13-4-9-16(26-2)17(10-13)27-3/h4-10H,11-12H2,1-3H3.